The van der Waals surface area contributed by atoms with Gasteiger partial charge in [0.25, 0.3) is 0 Å². The molecule has 1 rings (SSSR count). The van der Waals surface area contributed by atoms with Crippen molar-refractivity contribution in [3.8, 4) is 6.07 Å². The molecule has 0 aliphatic rings. The Balaban J connectivity index is 2.98. The molecule has 0 saturated heterocycles. The molecule has 0 unspecified atom stereocenters. The Morgan fingerprint density at radius 1 is 1.60 bits per heavy atom. The van der Waals surface area contributed by atoms with E-state index in [1.165, 1.54) is 12.1 Å². The van der Waals surface area contributed by atoms with Gasteiger partial charge in [-0.3, -0.25) is 4.79 Å². The van der Waals surface area contributed by atoms with E-state index >= 15 is 0 Å². The molecule has 1 aromatic carbocycles. The fourth-order valence-corrected chi connectivity index (χ4v) is 1.18. The van der Waals surface area contributed by atoms with Crippen LogP contribution in [-0.4, -0.2) is 11.3 Å². The maximum absolute atomic E-state index is 11.3. The lowest BCUT2D eigenvalue weighted by molar-refractivity contribution is -0.115. The summed E-state index contributed by atoms with van der Waals surface area (Å²) in [7, 11) is 0. The Kier molecular flexibility index (Phi) is 3.96. The highest BCUT2D eigenvalue weighted by atomic mass is 35.5. The Morgan fingerprint density at radius 3 is 2.80 bits per heavy atom. The largest absolute Gasteiger partial charge is 0.324 e. The van der Waals surface area contributed by atoms with Crippen LogP contribution in [0, 0.1) is 11.3 Å². The molecule has 0 bridgehead atoms. The number of carbonyl (C=O) groups is 1. The summed E-state index contributed by atoms with van der Waals surface area (Å²) in [6.45, 7) is 1.55. The molecule has 0 spiro atoms. The second-order valence-corrected chi connectivity index (χ2v) is 4.00. The molecule has 15 heavy (non-hydrogen) atoms. The smallest absolute Gasteiger partial charge is 0.242 e. The zero-order chi connectivity index (χ0) is 11.4. The molecule has 0 aliphatic heterocycles. The van der Waals surface area contributed by atoms with Gasteiger partial charge in [-0.15, -0.1) is 11.6 Å². The number of carbonyl (C=O) groups excluding carboxylic acids is 1. The monoisotopic (exact) mass is 242 g/mol. The molecule has 0 aromatic heterocycles. The highest BCUT2D eigenvalue weighted by Crippen LogP contribution is 2.20. The van der Waals surface area contributed by atoms with Crippen molar-refractivity contribution in [3.63, 3.8) is 0 Å². The second-order valence-electron chi connectivity index (χ2n) is 2.91. The Bertz CT molecular complexity index is 424. The van der Waals surface area contributed by atoms with Crippen molar-refractivity contribution in [2.45, 2.75) is 12.3 Å². The molecule has 0 heterocycles. The van der Waals surface area contributed by atoms with Gasteiger partial charge in [-0.25, -0.2) is 0 Å². The molecule has 0 aliphatic carbocycles. The molecular formula is C10H8Cl2N2O. The van der Waals surface area contributed by atoms with E-state index in [-0.39, 0.29) is 5.91 Å². The molecule has 0 saturated carbocycles. The van der Waals surface area contributed by atoms with Crippen LogP contribution < -0.4 is 5.32 Å². The summed E-state index contributed by atoms with van der Waals surface area (Å²) in [4.78, 5) is 11.3. The number of halogens is 2. The quantitative estimate of drug-likeness (QED) is 0.812. The average Bonchev–Trinajstić information content (AvgIpc) is 2.18. The number of hydrogen-bond donors (Lipinski definition) is 1. The van der Waals surface area contributed by atoms with Gasteiger partial charge in [0.15, 0.2) is 0 Å². The minimum atomic E-state index is -0.657. The van der Waals surface area contributed by atoms with Gasteiger partial charge in [0.1, 0.15) is 11.4 Å². The Labute approximate surface area is 97.6 Å². The highest BCUT2D eigenvalue weighted by molar-refractivity contribution is 6.33. The van der Waals surface area contributed by atoms with Gasteiger partial charge in [-0.1, -0.05) is 11.6 Å². The third kappa shape index (κ3) is 3.12. The number of benzene rings is 1. The highest BCUT2D eigenvalue weighted by Gasteiger charge is 2.11. The number of hydrogen-bond acceptors (Lipinski definition) is 2. The van der Waals surface area contributed by atoms with E-state index < -0.39 is 5.38 Å². The first-order chi connectivity index (χ1) is 7.04. The summed E-state index contributed by atoms with van der Waals surface area (Å²) in [5, 5.41) is 11.1. The van der Waals surface area contributed by atoms with E-state index in [1.807, 2.05) is 6.07 Å². The van der Waals surface area contributed by atoms with Crippen LogP contribution in [0.4, 0.5) is 5.69 Å². The lowest BCUT2D eigenvalue weighted by Gasteiger charge is -2.08. The SMILES string of the molecule is C[C@@H](Cl)C(=O)Nc1cc(Cl)ccc1C#N. The molecule has 1 aromatic rings. The summed E-state index contributed by atoms with van der Waals surface area (Å²) >= 11 is 11.3. The van der Waals surface area contributed by atoms with Crippen LogP contribution in [0.25, 0.3) is 0 Å². The number of anilines is 1. The molecule has 1 amide bonds. The van der Waals surface area contributed by atoms with Crippen molar-refractivity contribution >= 4 is 34.8 Å². The van der Waals surface area contributed by atoms with Crippen molar-refractivity contribution in [2.75, 3.05) is 5.32 Å². The number of nitriles is 1. The molecule has 3 nitrogen and oxygen atoms in total. The van der Waals surface area contributed by atoms with E-state index in [9.17, 15) is 4.79 Å². The van der Waals surface area contributed by atoms with Crippen molar-refractivity contribution in [1.29, 1.82) is 5.26 Å². The number of alkyl halides is 1. The first kappa shape index (κ1) is 11.8. The van der Waals surface area contributed by atoms with Crippen LogP contribution in [0.1, 0.15) is 12.5 Å². The van der Waals surface area contributed by atoms with Crippen LogP contribution in [0.15, 0.2) is 18.2 Å². The summed E-state index contributed by atoms with van der Waals surface area (Å²) < 4.78 is 0. The van der Waals surface area contributed by atoms with E-state index in [0.717, 1.165) is 0 Å². The summed E-state index contributed by atoms with van der Waals surface area (Å²) in [6.07, 6.45) is 0. The second kappa shape index (κ2) is 5.01. The van der Waals surface area contributed by atoms with Gasteiger partial charge >= 0.3 is 0 Å². The fraction of sp³-hybridized carbons (Fsp3) is 0.200. The fourth-order valence-electron chi connectivity index (χ4n) is 0.950. The van der Waals surface area contributed by atoms with Crippen LogP contribution in [-0.2, 0) is 4.79 Å². The van der Waals surface area contributed by atoms with Crippen LogP contribution in [0.5, 0.6) is 0 Å². The zero-order valence-electron chi connectivity index (χ0n) is 7.92. The number of rotatable bonds is 2. The summed E-state index contributed by atoms with van der Waals surface area (Å²) in [5.74, 6) is -0.365. The molecular weight excluding hydrogens is 235 g/mol. The van der Waals surface area contributed by atoms with Gasteiger partial charge < -0.3 is 5.32 Å². The summed E-state index contributed by atoms with van der Waals surface area (Å²) in [5.41, 5.74) is 0.729. The standard InChI is InChI=1S/C10H8Cl2N2O/c1-6(11)10(15)14-9-4-8(12)3-2-7(9)5-13/h2-4,6H,1H3,(H,14,15)/t6-/m1/s1. The molecule has 1 N–H and O–H groups in total. The van der Waals surface area contributed by atoms with Gasteiger partial charge in [0.05, 0.1) is 11.3 Å². The molecule has 0 fully saturated rings. The first-order valence-electron chi connectivity index (χ1n) is 4.19. The minimum Gasteiger partial charge on any atom is -0.324 e. The van der Waals surface area contributed by atoms with Crippen molar-refractivity contribution in [2.24, 2.45) is 0 Å². The van der Waals surface area contributed by atoms with E-state index in [4.69, 9.17) is 28.5 Å². The molecule has 5 heteroatoms. The molecule has 78 valence electrons. The maximum Gasteiger partial charge on any atom is 0.242 e. The summed E-state index contributed by atoms with van der Waals surface area (Å²) in [6, 6.07) is 6.58. The van der Waals surface area contributed by atoms with Gasteiger partial charge in [0.2, 0.25) is 5.91 Å². The number of nitrogens with zero attached hydrogens (tertiary/aromatic N) is 1. The third-order valence-corrected chi connectivity index (χ3v) is 2.15. The first-order valence-corrected chi connectivity index (χ1v) is 5.00. The predicted molar refractivity (Wildman–Crippen MR) is 60.1 cm³/mol. The third-order valence-electron chi connectivity index (χ3n) is 1.72. The predicted octanol–water partition coefficient (Wildman–Crippen LogP) is 2.78. The van der Waals surface area contributed by atoms with Crippen LogP contribution in [0.3, 0.4) is 0 Å². The van der Waals surface area contributed by atoms with Crippen LogP contribution >= 0.6 is 23.2 Å². The number of nitrogens with one attached hydrogen (secondary N) is 1. The van der Waals surface area contributed by atoms with Gasteiger partial charge in [-0.05, 0) is 25.1 Å². The van der Waals surface area contributed by atoms with E-state index in [1.54, 1.807) is 13.0 Å². The topological polar surface area (TPSA) is 52.9 Å². The van der Waals surface area contributed by atoms with Crippen LogP contribution in [0.2, 0.25) is 5.02 Å². The average molecular weight is 243 g/mol. The van der Waals surface area contributed by atoms with E-state index in [2.05, 4.69) is 5.32 Å². The van der Waals surface area contributed by atoms with E-state index in [0.29, 0.717) is 16.3 Å². The van der Waals surface area contributed by atoms with Crippen molar-refractivity contribution in [1.82, 2.24) is 0 Å². The maximum atomic E-state index is 11.3. The zero-order valence-corrected chi connectivity index (χ0v) is 9.43. The Morgan fingerprint density at radius 2 is 2.27 bits per heavy atom. The molecule has 1 atom stereocenters. The number of amides is 1. The lowest BCUT2D eigenvalue weighted by Crippen LogP contribution is -2.20. The minimum absolute atomic E-state index is 0.352. The van der Waals surface area contributed by atoms with Gasteiger partial charge in [-0.2, -0.15) is 5.26 Å². The normalized spacial score (nSPS) is 11.6. The van der Waals surface area contributed by atoms with Gasteiger partial charge in [0, 0.05) is 5.02 Å². The molecule has 0 radical (unpaired) electrons. The Hall–Kier alpha value is -1.24. The van der Waals surface area contributed by atoms with Crippen molar-refractivity contribution < 1.29 is 4.79 Å². The lowest BCUT2D eigenvalue weighted by atomic mass is 10.2. The van der Waals surface area contributed by atoms with Crippen molar-refractivity contribution in [3.05, 3.63) is 28.8 Å².